The van der Waals surface area contributed by atoms with Crippen LogP contribution in [0.3, 0.4) is 0 Å². The fourth-order valence-electron chi connectivity index (χ4n) is 3.79. The van der Waals surface area contributed by atoms with Crippen LogP contribution in [0, 0.1) is 11.8 Å². The van der Waals surface area contributed by atoms with Crippen LogP contribution in [0.5, 0.6) is 0 Å². The molecular formula is C20H32ClN3O. The molecule has 2 fully saturated rings. The van der Waals surface area contributed by atoms with Crippen LogP contribution in [0.15, 0.2) is 24.3 Å². The Hall–Kier alpha value is -1.10. The van der Waals surface area contributed by atoms with Crippen molar-refractivity contribution in [3.63, 3.8) is 0 Å². The van der Waals surface area contributed by atoms with Crippen LogP contribution >= 0.6 is 12.4 Å². The number of hydrogen-bond donors (Lipinski definition) is 2. The summed E-state index contributed by atoms with van der Waals surface area (Å²) in [4.78, 5) is 14.9. The summed E-state index contributed by atoms with van der Waals surface area (Å²) in [6.45, 7) is 8.86. The zero-order valence-corrected chi connectivity index (χ0v) is 16.3. The Kier molecular flexibility index (Phi) is 7.73. The summed E-state index contributed by atoms with van der Waals surface area (Å²) < 4.78 is 0. The first-order valence-corrected chi connectivity index (χ1v) is 9.45. The zero-order valence-electron chi connectivity index (χ0n) is 15.5. The van der Waals surface area contributed by atoms with Gasteiger partial charge in [-0.15, -0.1) is 12.4 Å². The van der Waals surface area contributed by atoms with Gasteiger partial charge in [-0.05, 0) is 75.9 Å². The van der Waals surface area contributed by atoms with Gasteiger partial charge in [0.1, 0.15) is 0 Å². The molecule has 1 amide bonds. The van der Waals surface area contributed by atoms with Crippen molar-refractivity contribution in [2.24, 2.45) is 11.8 Å². The number of rotatable bonds is 4. The van der Waals surface area contributed by atoms with Crippen LogP contribution in [0.4, 0.5) is 5.69 Å². The number of hydrogen-bond acceptors (Lipinski definition) is 3. The number of amides is 1. The number of nitrogens with one attached hydrogen (secondary N) is 2. The first-order valence-electron chi connectivity index (χ1n) is 9.45. The lowest BCUT2D eigenvalue weighted by Crippen LogP contribution is -2.40. The predicted octanol–water partition coefficient (Wildman–Crippen LogP) is 3.67. The summed E-state index contributed by atoms with van der Waals surface area (Å²) in [7, 11) is 0. The number of nitrogens with zero attached hydrogens (tertiary/aromatic N) is 1. The highest BCUT2D eigenvalue weighted by Gasteiger charge is 2.24. The van der Waals surface area contributed by atoms with E-state index in [1.807, 2.05) is 12.1 Å². The SMILES string of the molecule is CC1CCN(Cc2ccc(NC(=O)[C@H]3CCN[C@@H](C)C3)cc2)CC1.Cl. The number of likely N-dealkylation sites (tertiary alicyclic amines) is 1. The first kappa shape index (κ1) is 20.2. The summed E-state index contributed by atoms with van der Waals surface area (Å²) in [5, 5.41) is 6.48. The summed E-state index contributed by atoms with van der Waals surface area (Å²) in [6.07, 6.45) is 4.48. The van der Waals surface area contributed by atoms with Gasteiger partial charge in [0.05, 0.1) is 0 Å². The second-order valence-electron chi connectivity index (χ2n) is 7.72. The molecule has 0 unspecified atom stereocenters. The van der Waals surface area contributed by atoms with E-state index in [2.05, 4.69) is 41.5 Å². The van der Waals surface area contributed by atoms with Gasteiger partial charge in [-0.1, -0.05) is 19.1 Å². The van der Waals surface area contributed by atoms with Crippen molar-refractivity contribution >= 4 is 24.0 Å². The van der Waals surface area contributed by atoms with Crippen molar-refractivity contribution in [2.75, 3.05) is 25.0 Å². The molecule has 2 aliphatic heterocycles. The topological polar surface area (TPSA) is 44.4 Å². The first-order chi connectivity index (χ1) is 11.6. The van der Waals surface area contributed by atoms with E-state index in [4.69, 9.17) is 0 Å². The zero-order chi connectivity index (χ0) is 16.9. The van der Waals surface area contributed by atoms with Gasteiger partial charge in [0.25, 0.3) is 0 Å². The Morgan fingerprint density at radius 3 is 2.48 bits per heavy atom. The lowest BCUT2D eigenvalue weighted by molar-refractivity contribution is -0.120. The summed E-state index contributed by atoms with van der Waals surface area (Å²) in [5.41, 5.74) is 2.25. The van der Waals surface area contributed by atoms with Crippen molar-refractivity contribution in [3.8, 4) is 0 Å². The average molecular weight is 366 g/mol. The lowest BCUT2D eigenvalue weighted by Gasteiger charge is -2.30. The molecule has 1 aromatic carbocycles. The van der Waals surface area contributed by atoms with Gasteiger partial charge in [-0.25, -0.2) is 0 Å². The third kappa shape index (κ3) is 5.98. The molecule has 0 saturated carbocycles. The molecule has 4 nitrogen and oxygen atoms in total. The second-order valence-corrected chi connectivity index (χ2v) is 7.72. The maximum absolute atomic E-state index is 12.4. The maximum atomic E-state index is 12.4. The highest BCUT2D eigenvalue weighted by molar-refractivity contribution is 5.92. The van der Waals surface area contributed by atoms with Crippen molar-refractivity contribution in [1.82, 2.24) is 10.2 Å². The molecule has 140 valence electrons. The molecule has 2 saturated heterocycles. The number of carbonyl (C=O) groups is 1. The molecule has 25 heavy (non-hydrogen) atoms. The lowest BCUT2D eigenvalue weighted by atomic mass is 9.92. The maximum Gasteiger partial charge on any atom is 0.227 e. The van der Waals surface area contributed by atoms with Gasteiger partial charge < -0.3 is 10.6 Å². The fourth-order valence-corrected chi connectivity index (χ4v) is 3.79. The molecule has 0 spiro atoms. The van der Waals surface area contributed by atoms with Gasteiger partial charge >= 0.3 is 0 Å². The number of benzene rings is 1. The minimum atomic E-state index is 0. The van der Waals surface area contributed by atoms with Crippen LogP contribution < -0.4 is 10.6 Å². The number of halogens is 1. The minimum absolute atomic E-state index is 0. The molecule has 2 aliphatic rings. The average Bonchev–Trinajstić information content (AvgIpc) is 2.59. The van der Waals surface area contributed by atoms with Crippen molar-refractivity contribution in [2.45, 2.75) is 52.1 Å². The Bertz CT molecular complexity index is 540. The number of carbonyl (C=O) groups excluding carboxylic acids is 1. The smallest absolute Gasteiger partial charge is 0.227 e. The van der Waals surface area contributed by atoms with Gasteiger partial charge in [-0.3, -0.25) is 9.69 Å². The summed E-state index contributed by atoms with van der Waals surface area (Å²) in [6, 6.07) is 8.83. The Balaban J connectivity index is 0.00000225. The highest BCUT2D eigenvalue weighted by atomic mass is 35.5. The third-order valence-corrected chi connectivity index (χ3v) is 5.50. The van der Waals surface area contributed by atoms with E-state index >= 15 is 0 Å². The molecule has 0 aromatic heterocycles. The molecule has 2 heterocycles. The molecule has 2 N–H and O–H groups in total. The second kappa shape index (κ2) is 9.56. The van der Waals surface area contributed by atoms with E-state index in [1.165, 1.54) is 31.5 Å². The normalized spacial score (nSPS) is 25.2. The monoisotopic (exact) mass is 365 g/mol. The molecule has 2 atom stereocenters. The van der Waals surface area contributed by atoms with Crippen molar-refractivity contribution in [3.05, 3.63) is 29.8 Å². The van der Waals surface area contributed by atoms with Gasteiger partial charge in [-0.2, -0.15) is 0 Å². The van der Waals surface area contributed by atoms with Crippen LogP contribution in [0.25, 0.3) is 0 Å². The van der Waals surface area contributed by atoms with E-state index in [0.717, 1.165) is 37.5 Å². The van der Waals surface area contributed by atoms with Crippen LogP contribution in [-0.4, -0.2) is 36.5 Å². The molecule has 1 aromatic rings. The van der Waals surface area contributed by atoms with Crippen molar-refractivity contribution in [1.29, 1.82) is 0 Å². The van der Waals surface area contributed by atoms with Gasteiger partial charge in [0, 0.05) is 24.2 Å². The third-order valence-electron chi connectivity index (χ3n) is 5.50. The molecule has 0 radical (unpaired) electrons. The van der Waals surface area contributed by atoms with Crippen LogP contribution in [0.2, 0.25) is 0 Å². The molecule has 3 rings (SSSR count). The molecule has 5 heteroatoms. The van der Waals surface area contributed by atoms with E-state index in [9.17, 15) is 4.79 Å². The van der Waals surface area contributed by atoms with Crippen LogP contribution in [0.1, 0.15) is 45.1 Å². The predicted molar refractivity (Wildman–Crippen MR) is 106 cm³/mol. The number of anilines is 1. The highest BCUT2D eigenvalue weighted by Crippen LogP contribution is 2.21. The minimum Gasteiger partial charge on any atom is -0.326 e. The largest absolute Gasteiger partial charge is 0.326 e. The van der Waals surface area contributed by atoms with E-state index in [-0.39, 0.29) is 24.2 Å². The Labute approximate surface area is 158 Å². The quantitative estimate of drug-likeness (QED) is 0.855. The van der Waals surface area contributed by atoms with E-state index in [1.54, 1.807) is 0 Å². The Morgan fingerprint density at radius 1 is 1.16 bits per heavy atom. The van der Waals surface area contributed by atoms with Gasteiger partial charge in [0.2, 0.25) is 5.91 Å². The van der Waals surface area contributed by atoms with Crippen molar-refractivity contribution < 1.29 is 4.79 Å². The standard InChI is InChI=1S/C20H31N3O.ClH/c1-15-8-11-23(12-9-15)14-17-3-5-19(6-4-17)22-20(24)18-7-10-21-16(2)13-18;/h3-6,15-16,18,21H,7-14H2,1-2H3,(H,22,24);1H/t16-,18-;/m0./s1. The summed E-state index contributed by atoms with van der Waals surface area (Å²) in [5.74, 6) is 1.17. The number of piperidine rings is 2. The molecule has 0 aliphatic carbocycles. The van der Waals surface area contributed by atoms with E-state index < -0.39 is 0 Å². The molecule has 0 bridgehead atoms. The summed E-state index contributed by atoms with van der Waals surface area (Å²) >= 11 is 0. The molecular weight excluding hydrogens is 334 g/mol. The Morgan fingerprint density at radius 2 is 1.84 bits per heavy atom. The fraction of sp³-hybridized carbons (Fsp3) is 0.650. The van der Waals surface area contributed by atoms with E-state index in [0.29, 0.717) is 6.04 Å². The van der Waals surface area contributed by atoms with Crippen LogP contribution in [-0.2, 0) is 11.3 Å². The van der Waals surface area contributed by atoms with Gasteiger partial charge in [0.15, 0.2) is 0 Å².